The number of benzene rings is 1. The first-order valence-corrected chi connectivity index (χ1v) is 9.60. The molecule has 0 fully saturated rings. The van der Waals surface area contributed by atoms with E-state index in [4.69, 9.17) is 23.2 Å². The molecule has 0 spiro atoms. The Morgan fingerprint density at radius 2 is 2.08 bits per heavy atom. The number of nitrogens with zero attached hydrogens (tertiary/aromatic N) is 5. The molecule has 0 aliphatic rings. The minimum absolute atomic E-state index is 0.566. The van der Waals surface area contributed by atoms with Crippen LogP contribution in [0.25, 0.3) is 0 Å². The van der Waals surface area contributed by atoms with Gasteiger partial charge in [0.2, 0.25) is 0 Å². The van der Waals surface area contributed by atoms with E-state index in [2.05, 4.69) is 43.8 Å². The quantitative estimate of drug-likeness (QED) is 0.546. The number of hydrogen-bond acceptors (Lipinski definition) is 3. The minimum atomic E-state index is 0.566. The predicted octanol–water partition coefficient (Wildman–Crippen LogP) is 3.63. The van der Waals surface area contributed by atoms with E-state index in [1.54, 1.807) is 6.33 Å². The average Bonchev–Trinajstić information content (AvgIpc) is 3.08. The van der Waals surface area contributed by atoms with Gasteiger partial charge in [-0.25, -0.2) is 0 Å². The number of aromatic nitrogens is 3. The third kappa shape index (κ3) is 5.88. The van der Waals surface area contributed by atoms with Crippen LogP contribution in [0.15, 0.2) is 29.5 Å². The van der Waals surface area contributed by atoms with Gasteiger partial charge in [-0.05, 0) is 24.1 Å². The smallest absolute Gasteiger partial charge is 0.194 e. The van der Waals surface area contributed by atoms with Crippen molar-refractivity contribution in [1.82, 2.24) is 25.0 Å². The average molecular weight is 397 g/mol. The minimum Gasteiger partial charge on any atom is -0.354 e. The lowest BCUT2D eigenvalue weighted by atomic mass is 10.2. The van der Waals surface area contributed by atoms with Gasteiger partial charge in [0.1, 0.15) is 12.2 Å². The van der Waals surface area contributed by atoms with Gasteiger partial charge in [0.25, 0.3) is 0 Å². The third-order valence-electron chi connectivity index (χ3n) is 3.90. The number of aliphatic imine (C=N–C) groups is 1. The highest BCUT2D eigenvalue weighted by atomic mass is 35.5. The zero-order chi connectivity index (χ0) is 18.9. The molecule has 0 saturated heterocycles. The maximum absolute atomic E-state index is 6.12. The standard InChI is InChI=1S/C18H26Cl2N6/c1-4-8-21-18(22-9-10-26-13-23-24-17(26)5-2)25(3)12-14-6-7-15(19)16(20)11-14/h6-7,11,13H,4-5,8-10,12H2,1-3H3,(H,21,22). The van der Waals surface area contributed by atoms with Crippen molar-refractivity contribution in [3.8, 4) is 0 Å². The molecule has 8 heteroatoms. The molecule has 2 aromatic rings. The van der Waals surface area contributed by atoms with E-state index in [1.807, 2.05) is 25.2 Å². The third-order valence-corrected chi connectivity index (χ3v) is 4.64. The summed E-state index contributed by atoms with van der Waals surface area (Å²) in [7, 11) is 2.01. The summed E-state index contributed by atoms with van der Waals surface area (Å²) >= 11 is 12.1. The first-order valence-electron chi connectivity index (χ1n) is 8.85. The fraction of sp³-hybridized carbons (Fsp3) is 0.500. The van der Waals surface area contributed by atoms with Crippen molar-refractivity contribution in [2.75, 3.05) is 20.1 Å². The van der Waals surface area contributed by atoms with Gasteiger partial charge in [-0.15, -0.1) is 10.2 Å². The second kappa shape index (κ2) is 10.4. The number of aryl methyl sites for hydroxylation is 1. The monoisotopic (exact) mass is 396 g/mol. The molecule has 142 valence electrons. The SMILES string of the molecule is CCCN=C(NCCn1cnnc1CC)N(C)Cc1ccc(Cl)c(Cl)c1. The van der Waals surface area contributed by atoms with Crippen LogP contribution in [0.4, 0.5) is 0 Å². The van der Waals surface area contributed by atoms with Crippen molar-refractivity contribution in [3.05, 3.63) is 46.0 Å². The Hall–Kier alpha value is -1.79. The molecule has 1 heterocycles. The first kappa shape index (κ1) is 20.5. The van der Waals surface area contributed by atoms with Crippen LogP contribution in [0.3, 0.4) is 0 Å². The number of guanidine groups is 1. The Morgan fingerprint density at radius 3 is 2.77 bits per heavy atom. The Bertz CT molecular complexity index is 728. The molecule has 0 radical (unpaired) electrons. The molecule has 0 unspecified atom stereocenters. The molecule has 0 amide bonds. The van der Waals surface area contributed by atoms with Crippen LogP contribution in [-0.2, 0) is 19.5 Å². The maximum atomic E-state index is 6.12. The fourth-order valence-electron chi connectivity index (χ4n) is 2.54. The van der Waals surface area contributed by atoms with Crippen molar-refractivity contribution in [3.63, 3.8) is 0 Å². The van der Waals surface area contributed by atoms with E-state index < -0.39 is 0 Å². The number of rotatable bonds is 8. The molecule has 1 aromatic carbocycles. The fourth-order valence-corrected chi connectivity index (χ4v) is 2.86. The molecular weight excluding hydrogens is 371 g/mol. The van der Waals surface area contributed by atoms with Crippen LogP contribution < -0.4 is 5.32 Å². The van der Waals surface area contributed by atoms with Crippen molar-refractivity contribution >= 4 is 29.2 Å². The lowest BCUT2D eigenvalue weighted by Gasteiger charge is -2.23. The molecule has 6 nitrogen and oxygen atoms in total. The summed E-state index contributed by atoms with van der Waals surface area (Å²) in [6.07, 6.45) is 3.63. The summed E-state index contributed by atoms with van der Waals surface area (Å²) in [5.74, 6) is 1.85. The molecule has 0 saturated carbocycles. The molecule has 26 heavy (non-hydrogen) atoms. The summed E-state index contributed by atoms with van der Waals surface area (Å²) in [5.41, 5.74) is 1.08. The van der Waals surface area contributed by atoms with Crippen LogP contribution in [0.5, 0.6) is 0 Å². The van der Waals surface area contributed by atoms with E-state index in [0.717, 1.165) is 49.8 Å². The van der Waals surface area contributed by atoms with Crippen molar-refractivity contribution in [1.29, 1.82) is 0 Å². The second-order valence-corrected chi connectivity index (χ2v) is 6.85. The highest BCUT2D eigenvalue weighted by Crippen LogP contribution is 2.23. The van der Waals surface area contributed by atoms with E-state index >= 15 is 0 Å². The normalized spacial score (nSPS) is 11.7. The van der Waals surface area contributed by atoms with Crippen LogP contribution in [0.1, 0.15) is 31.7 Å². The molecule has 2 rings (SSSR count). The van der Waals surface area contributed by atoms with E-state index in [-0.39, 0.29) is 0 Å². The van der Waals surface area contributed by atoms with Gasteiger partial charge < -0.3 is 14.8 Å². The van der Waals surface area contributed by atoms with Gasteiger partial charge in [0.05, 0.1) is 10.0 Å². The largest absolute Gasteiger partial charge is 0.354 e. The Kier molecular flexibility index (Phi) is 8.19. The van der Waals surface area contributed by atoms with E-state index in [1.165, 1.54) is 0 Å². The van der Waals surface area contributed by atoms with Gasteiger partial charge in [-0.3, -0.25) is 4.99 Å². The van der Waals surface area contributed by atoms with Gasteiger partial charge in [0, 0.05) is 39.6 Å². The summed E-state index contributed by atoms with van der Waals surface area (Å²) in [6.45, 7) is 7.21. The highest BCUT2D eigenvalue weighted by Gasteiger charge is 2.09. The lowest BCUT2D eigenvalue weighted by molar-refractivity contribution is 0.470. The van der Waals surface area contributed by atoms with Crippen molar-refractivity contribution in [2.45, 2.75) is 39.8 Å². The second-order valence-electron chi connectivity index (χ2n) is 6.03. The number of nitrogens with one attached hydrogen (secondary N) is 1. The molecule has 0 atom stereocenters. The molecule has 0 aliphatic carbocycles. The lowest BCUT2D eigenvalue weighted by Crippen LogP contribution is -2.40. The molecule has 1 N–H and O–H groups in total. The summed E-state index contributed by atoms with van der Waals surface area (Å²) in [6, 6.07) is 5.69. The molecule has 0 bridgehead atoms. The van der Waals surface area contributed by atoms with E-state index in [0.29, 0.717) is 16.6 Å². The number of hydrogen-bond donors (Lipinski definition) is 1. The molecular formula is C18H26Cl2N6. The highest BCUT2D eigenvalue weighted by molar-refractivity contribution is 6.42. The van der Waals surface area contributed by atoms with E-state index in [9.17, 15) is 0 Å². The van der Waals surface area contributed by atoms with Gasteiger partial charge in [-0.2, -0.15) is 0 Å². The van der Waals surface area contributed by atoms with Crippen LogP contribution >= 0.6 is 23.2 Å². The zero-order valence-electron chi connectivity index (χ0n) is 15.5. The van der Waals surface area contributed by atoms with Gasteiger partial charge >= 0.3 is 0 Å². The van der Waals surface area contributed by atoms with Crippen molar-refractivity contribution < 1.29 is 0 Å². The molecule has 1 aromatic heterocycles. The first-order chi connectivity index (χ1) is 12.5. The maximum Gasteiger partial charge on any atom is 0.194 e. The van der Waals surface area contributed by atoms with Crippen LogP contribution in [-0.4, -0.2) is 45.8 Å². The summed E-state index contributed by atoms with van der Waals surface area (Å²) in [4.78, 5) is 6.76. The van der Waals surface area contributed by atoms with Gasteiger partial charge in [-0.1, -0.05) is 43.1 Å². The Labute approximate surface area is 165 Å². The number of halogens is 2. The Balaban J connectivity index is 1.97. The van der Waals surface area contributed by atoms with Gasteiger partial charge in [0.15, 0.2) is 5.96 Å². The summed E-state index contributed by atoms with van der Waals surface area (Å²) in [5, 5.41) is 12.6. The van der Waals surface area contributed by atoms with Crippen molar-refractivity contribution in [2.24, 2.45) is 4.99 Å². The predicted molar refractivity (Wildman–Crippen MR) is 108 cm³/mol. The zero-order valence-corrected chi connectivity index (χ0v) is 17.1. The topological polar surface area (TPSA) is 58.3 Å². The Morgan fingerprint density at radius 1 is 1.27 bits per heavy atom. The molecule has 0 aliphatic heterocycles. The van der Waals surface area contributed by atoms with Crippen LogP contribution in [0.2, 0.25) is 10.0 Å². The van der Waals surface area contributed by atoms with Crippen LogP contribution in [0, 0.1) is 0 Å². The summed E-state index contributed by atoms with van der Waals surface area (Å²) < 4.78 is 2.06.